The number of carbonyl (C=O) groups is 1. The summed E-state index contributed by atoms with van der Waals surface area (Å²) in [5.74, 6) is 0.912. The van der Waals surface area contributed by atoms with Gasteiger partial charge >= 0.3 is 0 Å². The molecule has 0 saturated carbocycles. The van der Waals surface area contributed by atoms with Gasteiger partial charge in [0.05, 0.1) is 10.6 Å². The Morgan fingerprint density at radius 1 is 1.26 bits per heavy atom. The second-order valence-electron chi connectivity index (χ2n) is 6.80. The van der Waals surface area contributed by atoms with Crippen LogP contribution in [-0.4, -0.2) is 40.2 Å². The van der Waals surface area contributed by atoms with Gasteiger partial charge in [0.2, 0.25) is 0 Å². The Bertz CT molecular complexity index is 1080. The molecule has 27 heavy (non-hydrogen) atoms. The van der Waals surface area contributed by atoms with Gasteiger partial charge < -0.3 is 15.2 Å². The normalized spacial score (nSPS) is 16.9. The van der Waals surface area contributed by atoms with Gasteiger partial charge in [0.25, 0.3) is 5.91 Å². The van der Waals surface area contributed by atoms with Crippen LogP contribution >= 0.6 is 11.3 Å². The van der Waals surface area contributed by atoms with Crippen molar-refractivity contribution in [2.75, 3.05) is 18.0 Å². The van der Waals surface area contributed by atoms with Crippen LogP contribution in [0.2, 0.25) is 0 Å². The molecule has 0 spiro atoms. The van der Waals surface area contributed by atoms with E-state index in [9.17, 15) is 4.79 Å². The second-order valence-corrected chi connectivity index (χ2v) is 7.75. The number of hydrogen-bond acceptors (Lipinski definition) is 4. The number of H-pyrrole nitrogens is 2. The van der Waals surface area contributed by atoms with Crippen LogP contribution < -0.4 is 10.2 Å². The molecule has 3 N–H and O–H groups in total. The molecule has 7 heteroatoms. The van der Waals surface area contributed by atoms with E-state index in [0.29, 0.717) is 5.56 Å². The molecule has 0 aliphatic carbocycles. The summed E-state index contributed by atoms with van der Waals surface area (Å²) in [4.78, 5) is 19.2. The van der Waals surface area contributed by atoms with Crippen molar-refractivity contribution >= 4 is 34.0 Å². The van der Waals surface area contributed by atoms with Crippen molar-refractivity contribution in [3.8, 4) is 10.6 Å². The topological polar surface area (TPSA) is 76.8 Å². The van der Waals surface area contributed by atoms with E-state index in [1.807, 2.05) is 36.5 Å². The highest BCUT2D eigenvalue weighted by Gasteiger charge is 2.26. The molecule has 4 heterocycles. The van der Waals surface area contributed by atoms with E-state index in [-0.39, 0.29) is 11.9 Å². The van der Waals surface area contributed by atoms with Crippen LogP contribution in [0.1, 0.15) is 16.8 Å². The van der Waals surface area contributed by atoms with Crippen molar-refractivity contribution in [1.82, 2.24) is 20.5 Å². The Morgan fingerprint density at radius 2 is 2.22 bits per heavy atom. The Hall–Kier alpha value is -3.06. The maximum Gasteiger partial charge on any atom is 0.251 e. The summed E-state index contributed by atoms with van der Waals surface area (Å²) in [6.07, 6.45) is 2.80. The molecular weight excluding hydrogens is 358 g/mol. The number of rotatable bonds is 4. The van der Waals surface area contributed by atoms with E-state index in [0.717, 1.165) is 41.9 Å². The number of aromatic amines is 2. The van der Waals surface area contributed by atoms with Crippen LogP contribution in [0.5, 0.6) is 0 Å². The van der Waals surface area contributed by atoms with Gasteiger partial charge in [0.15, 0.2) is 5.82 Å². The van der Waals surface area contributed by atoms with E-state index >= 15 is 0 Å². The highest BCUT2D eigenvalue weighted by Crippen LogP contribution is 2.27. The number of carbonyl (C=O) groups excluding carboxylic acids is 1. The molecule has 3 aromatic heterocycles. The van der Waals surface area contributed by atoms with Crippen molar-refractivity contribution < 1.29 is 4.79 Å². The van der Waals surface area contributed by atoms with E-state index in [4.69, 9.17) is 0 Å². The zero-order chi connectivity index (χ0) is 18.2. The lowest BCUT2D eigenvalue weighted by Crippen LogP contribution is -2.37. The molecule has 1 amide bonds. The summed E-state index contributed by atoms with van der Waals surface area (Å²) in [7, 11) is 0. The smallest absolute Gasteiger partial charge is 0.251 e. The van der Waals surface area contributed by atoms with Crippen LogP contribution in [0.25, 0.3) is 21.5 Å². The summed E-state index contributed by atoms with van der Waals surface area (Å²) in [5, 5.41) is 13.8. The maximum absolute atomic E-state index is 12.6. The minimum atomic E-state index is -0.0220. The number of amides is 1. The van der Waals surface area contributed by atoms with E-state index < -0.39 is 0 Å². The average molecular weight is 377 g/mol. The number of thiophene rings is 1. The first-order valence-electron chi connectivity index (χ1n) is 8.98. The van der Waals surface area contributed by atoms with Crippen LogP contribution in [0, 0.1) is 0 Å². The summed E-state index contributed by atoms with van der Waals surface area (Å²) < 4.78 is 0. The molecule has 1 saturated heterocycles. The first kappa shape index (κ1) is 16.1. The predicted octanol–water partition coefficient (Wildman–Crippen LogP) is 3.63. The molecule has 1 aliphatic rings. The Morgan fingerprint density at radius 3 is 3.11 bits per heavy atom. The molecule has 136 valence electrons. The molecule has 0 radical (unpaired) electrons. The molecule has 5 rings (SSSR count). The fourth-order valence-corrected chi connectivity index (χ4v) is 4.27. The lowest BCUT2D eigenvalue weighted by molar-refractivity contribution is 0.0940. The van der Waals surface area contributed by atoms with Gasteiger partial charge in [0, 0.05) is 47.9 Å². The van der Waals surface area contributed by atoms with Crippen molar-refractivity contribution in [2.45, 2.75) is 12.5 Å². The largest absolute Gasteiger partial charge is 0.361 e. The zero-order valence-corrected chi connectivity index (χ0v) is 15.4. The lowest BCUT2D eigenvalue weighted by atomic mass is 10.1. The van der Waals surface area contributed by atoms with E-state index in [2.05, 4.69) is 42.9 Å². The number of aromatic nitrogens is 3. The molecule has 4 aromatic rings. The van der Waals surface area contributed by atoms with Gasteiger partial charge in [-0.3, -0.25) is 9.89 Å². The van der Waals surface area contributed by atoms with Crippen LogP contribution in [-0.2, 0) is 0 Å². The van der Waals surface area contributed by atoms with Gasteiger partial charge in [-0.15, -0.1) is 11.3 Å². The van der Waals surface area contributed by atoms with Crippen molar-refractivity contribution in [2.24, 2.45) is 0 Å². The SMILES string of the molecule is O=C(NC1CCN(c2cc(-c3cccs3)[nH]n2)C1)c1ccc2[nH]ccc2c1. The molecule has 0 bridgehead atoms. The highest BCUT2D eigenvalue weighted by atomic mass is 32.1. The summed E-state index contributed by atoms with van der Waals surface area (Å²) >= 11 is 1.69. The van der Waals surface area contributed by atoms with Gasteiger partial charge in [-0.25, -0.2) is 0 Å². The second kappa shape index (κ2) is 6.59. The molecule has 1 aliphatic heterocycles. The number of hydrogen-bond donors (Lipinski definition) is 3. The van der Waals surface area contributed by atoms with Crippen LogP contribution in [0.4, 0.5) is 5.82 Å². The van der Waals surface area contributed by atoms with Crippen molar-refractivity contribution in [3.05, 3.63) is 59.6 Å². The fraction of sp³-hybridized carbons (Fsp3) is 0.200. The molecule has 1 aromatic carbocycles. The highest BCUT2D eigenvalue weighted by molar-refractivity contribution is 7.13. The molecule has 1 atom stereocenters. The summed E-state index contributed by atoms with van der Waals surface area (Å²) in [6, 6.07) is 14.0. The first-order chi connectivity index (χ1) is 13.3. The molecular formula is C20H19N5OS. The monoisotopic (exact) mass is 377 g/mol. The number of fused-ring (bicyclic) bond motifs is 1. The van der Waals surface area contributed by atoms with Crippen molar-refractivity contribution in [1.29, 1.82) is 0 Å². The molecule has 1 fully saturated rings. The number of anilines is 1. The number of benzene rings is 1. The maximum atomic E-state index is 12.6. The number of nitrogens with zero attached hydrogens (tertiary/aromatic N) is 2. The fourth-order valence-electron chi connectivity index (χ4n) is 3.58. The third kappa shape index (κ3) is 3.10. The standard InChI is InChI=1S/C20H19N5OS/c26-20(14-3-4-16-13(10-14)5-7-21-16)22-15-6-8-25(12-15)19-11-17(23-24-19)18-2-1-9-27-18/h1-5,7,9-11,15,21H,6,8,12H2,(H,22,26)(H,23,24). The molecule has 6 nitrogen and oxygen atoms in total. The minimum Gasteiger partial charge on any atom is -0.361 e. The summed E-state index contributed by atoms with van der Waals surface area (Å²) in [6.45, 7) is 1.66. The van der Waals surface area contributed by atoms with Gasteiger partial charge in [-0.2, -0.15) is 5.10 Å². The Labute approximate surface area is 160 Å². The Balaban J connectivity index is 1.25. The first-order valence-corrected chi connectivity index (χ1v) is 9.86. The lowest BCUT2D eigenvalue weighted by Gasteiger charge is -2.16. The quantitative estimate of drug-likeness (QED) is 0.508. The van der Waals surface area contributed by atoms with Gasteiger partial charge in [0.1, 0.15) is 0 Å². The summed E-state index contributed by atoms with van der Waals surface area (Å²) in [5.41, 5.74) is 2.77. The minimum absolute atomic E-state index is 0.0220. The predicted molar refractivity (Wildman–Crippen MR) is 108 cm³/mol. The van der Waals surface area contributed by atoms with Crippen LogP contribution in [0.3, 0.4) is 0 Å². The Kier molecular flexibility index (Phi) is 3.94. The van der Waals surface area contributed by atoms with E-state index in [1.165, 1.54) is 4.88 Å². The molecule has 1 unspecified atom stereocenters. The van der Waals surface area contributed by atoms with Crippen molar-refractivity contribution in [3.63, 3.8) is 0 Å². The third-order valence-corrected chi connectivity index (χ3v) is 5.92. The van der Waals surface area contributed by atoms with Gasteiger partial charge in [-0.1, -0.05) is 6.07 Å². The zero-order valence-electron chi connectivity index (χ0n) is 14.6. The van der Waals surface area contributed by atoms with Crippen LogP contribution in [0.15, 0.2) is 54.0 Å². The third-order valence-electron chi connectivity index (χ3n) is 5.01. The van der Waals surface area contributed by atoms with Gasteiger partial charge in [-0.05, 0) is 42.1 Å². The number of nitrogens with one attached hydrogen (secondary N) is 3. The van der Waals surface area contributed by atoms with E-state index in [1.54, 1.807) is 11.3 Å². The average Bonchev–Trinajstić information content (AvgIpc) is 3.47.